The first-order valence-electron chi connectivity index (χ1n) is 8.45. The number of hydrogen-bond donors (Lipinski definition) is 1. The monoisotopic (exact) mass is 286 g/mol. The van der Waals surface area contributed by atoms with Gasteiger partial charge in [0.1, 0.15) is 0 Å². The van der Waals surface area contributed by atoms with Crippen LogP contribution in [0.1, 0.15) is 49.7 Å². The van der Waals surface area contributed by atoms with Crippen LogP contribution in [0, 0.1) is 0 Å². The number of carbonyl (C=O) groups excluding carboxylic acids is 1. The van der Waals surface area contributed by atoms with Gasteiger partial charge in [-0.05, 0) is 68.5 Å². The summed E-state index contributed by atoms with van der Waals surface area (Å²) in [5, 5.41) is 3.06. The van der Waals surface area contributed by atoms with Crippen LogP contribution in [-0.4, -0.2) is 30.4 Å². The summed E-state index contributed by atoms with van der Waals surface area (Å²) in [7, 11) is 0. The lowest BCUT2D eigenvalue weighted by atomic mass is 10.1. The van der Waals surface area contributed by atoms with Crippen molar-refractivity contribution in [1.82, 2.24) is 4.90 Å². The van der Waals surface area contributed by atoms with Gasteiger partial charge in [0.05, 0.1) is 0 Å². The number of likely N-dealkylation sites (tertiary alicyclic amines) is 1. The van der Waals surface area contributed by atoms with E-state index in [-0.39, 0.29) is 5.91 Å². The maximum absolute atomic E-state index is 12.1. The number of nitrogens with zero attached hydrogens (tertiary/aromatic N) is 1. The lowest BCUT2D eigenvalue weighted by Gasteiger charge is -2.19. The van der Waals surface area contributed by atoms with Crippen molar-refractivity contribution in [1.29, 1.82) is 0 Å². The van der Waals surface area contributed by atoms with Crippen molar-refractivity contribution >= 4 is 11.6 Å². The van der Waals surface area contributed by atoms with Gasteiger partial charge in [-0.3, -0.25) is 4.79 Å². The van der Waals surface area contributed by atoms with E-state index in [1.54, 1.807) is 0 Å². The molecule has 1 heterocycles. The molecule has 0 atom stereocenters. The second-order valence-electron chi connectivity index (χ2n) is 6.39. The van der Waals surface area contributed by atoms with E-state index in [1.807, 2.05) is 6.07 Å². The van der Waals surface area contributed by atoms with E-state index in [1.165, 1.54) is 49.7 Å². The zero-order chi connectivity index (χ0) is 14.5. The lowest BCUT2D eigenvalue weighted by molar-refractivity contribution is -0.116. The Kier molecular flexibility index (Phi) is 4.91. The first kappa shape index (κ1) is 14.6. The molecule has 3 rings (SSSR count). The molecular formula is C18H26N2O. The van der Waals surface area contributed by atoms with Gasteiger partial charge in [0.15, 0.2) is 0 Å². The minimum absolute atomic E-state index is 0.150. The van der Waals surface area contributed by atoms with Gasteiger partial charge in [-0.1, -0.05) is 18.9 Å². The highest BCUT2D eigenvalue weighted by Gasteiger charge is 2.13. The van der Waals surface area contributed by atoms with Crippen molar-refractivity contribution in [2.45, 2.75) is 51.4 Å². The topological polar surface area (TPSA) is 32.3 Å². The van der Waals surface area contributed by atoms with Gasteiger partial charge in [-0.2, -0.15) is 0 Å². The van der Waals surface area contributed by atoms with Gasteiger partial charge in [-0.15, -0.1) is 0 Å². The molecule has 0 bridgehead atoms. The molecule has 1 amide bonds. The normalized spacial score (nSPS) is 19.0. The number of hydrogen-bond acceptors (Lipinski definition) is 2. The molecule has 0 unspecified atom stereocenters. The Morgan fingerprint density at radius 2 is 1.76 bits per heavy atom. The lowest BCUT2D eigenvalue weighted by Crippen LogP contribution is -2.28. The van der Waals surface area contributed by atoms with Crippen LogP contribution in [0.4, 0.5) is 5.69 Å². The van der Waals surface area contributed by atoms with Gasteiger partial charge < -0.3 is 10.2 Å². The largest absolute Gasteiger partial charge is 0.326 e. The SMILES string of the molecule is O=C(CCN1CCCCCC1)Nc1ccc2c(c1)CCC2. The summed E-state index contributed by atoms with van der Waals surface area (Å²) in [6, 6.07) is 6.38. The van der Waals surface area contributed by atoms with Crippen molar-refractivity contribution in [3.63, 3.8) is 0 Å². The summed E-state index contributed by atoms with van der Waals surface area (Å²) in [5.74, 6) is 0.150. The fraction of sp³-hybridized carbons (Fsp3) is 0.611. The average Bonchev–Trinajstić information content (AvgIpc) is 2.79. The van der Waals surface area contributed by atoms with Crippen LogP contribution in [0.3, 0.4) is 0 Å². The third-order valence-electron chi connectivity index (χ3n) is 4.74. The zero-order valence-corrected chi connectivity index (χ0v) is 12.9. The number of nitrogens with one attached hydrogen (secondary N) is 1. The molecule has 2 aliphatic rings. The standard InChI is InChI=1S/C18H26N2O/c21-18(10-13-20-11-3-1-2-4-12-20)19-17-9-8-15-6-5-7-16(15)14-17/h8-9,14H,1-7,10-13H2,(H,19,21). The molecule has 21 heavy (non-hydrogen) atoms. The predicted octanol–water partition coefficient (Wildman–Crippen LogP) is 3.38. The molecule has 1 fully saturated rings. The molecule has 0 saturated carbocycles. The van der Waals surface area contributed by atoms with Crippen LogP contribution in [0.25, 0.3) is 0 Å². The van der Waals surface area contributed by atoms with E-state index in [2.05, 4.69) is 22.3 Å². The van der Waals surface area contributed by atoms with Crippen LogP contribution in [0.2, 0.25) is 0 Å². The van der Waals surface area contributed by atoms with Gasteiger partial charge in [0.2, 0.25) is 5.91 Å². The number of rotatable bonds is 4. The Morgan fingerprint density at radius 1 is 1.00 bits per heavy atom. The van der Waals surface area contributed by atoms with E-state index in [0.29, 0.717) is 6.42 Å². The van der Waals surface area contributed by atoms with Crippen LogP contribution >= 0.6 is 0 Å². The maximum Gasteiger partial charge on any atom is 0.225 e. The quantitative estimate of drug-likeness (QED) is 0.920. The van der Waals surface area contributed by atoms with Crippen molar-refractivity contribution in [3.05, 3.63) is 29.3 Å². The summed E-state index contributed by atoms with van der Waals surface area (Å²) in [6.45, 7) is 3.22. The maximum atomic E-state index is 12.1. The van der Waals surface area contributed by atoms with E-state index >= 15 is 0 Å². The molecule has 1 aromatic carbocycles. The summed E-state index contributed by atoms with van der Waals surface area (Å²) in [5.41, 5.74) is 3.84. The number of amides is 1. The number of aryl methyl sites for hydroxylation is 2. The molecule has 114 valence electrons. The Bertz CT molecular complexity index is 490. The number of carbonyl (C=O) groups is 1. The minimum atomic E-state index is 0.150. The number of fused-ring (bicyclic) bond motifs is 1. The predicted molar refractivity (Wildman–Crippen MR) is 86.6 cm³/mol. The van der Waals surface area contributed by atoms with Crippen molar-refractivity contribution < 1.29 is 4.79 Å². The highest BCUT2D eigenvalue weighted by Crippen LogP contribution is 2.24. The summed E-state index contributed by atoms with van der Waals surface area (Å²) >= 11 is 0. The molecule has 1 saturated heterocycles. The fourth-order valence-electron chi connectivity index (χ4n) is 3.49. The van der Waals surface area contributed by atoms with E-state index in [4.69, 9.17) is 0 Å². The van der Waals surface area contributed by atoms with Crippen LogP contribution in [-0.2, 0) is 17.6 Å². The van der Waals surface area contributed by atoms with Gasteiger partial charge in [-0.25, -0.2) is 0 Å². The van der Waals surface area contributed by atoms with Gasteiger partial charge in [0, 0.05) is 18.7 Å². The first-order chi connectivity index (χ1) is 10.3. The Hall–Kier alpha value is -1.35. The molecule has 3 nitrogen and oxygen atoms in total. The van der Waals surface area contributed by atoms with Crippen LogP contribution < -0.4 is 5.32 Å². The van der Waals surface area contributed by atoms with Crippen molar-refractivity contribution in [3.8, 4) is 0 Å². The van der Waals surface area contributed by atoms with Crippen LogP contribution in [0.15, 0.2) is 18.2 Å². The van der Waals surface area contributed by atoms with Crippen molar-refractivity contribution in [2.75, 3.05) is 25.0 Å². The molecule has 1 aromatic rings. The van der Waals surface area contributed by atoms with E-state index in [0.717, 1.165) is 31.7 Å². The smallest absolute Gasteiger partial charge is 0.225 e. The Morgan fingerprint density at radius 3 is 2.57 bits per heavy atom. The average molecular weight is 286 g/mol. The zero-order valence-electron chi connectivity index (χ0n) is 12.9. The molecule has 0 radical (unpaired) electrons. The Balaban J connectivity index is 1.47. The summed E-state index contributed by atoms with van der Waals surface area (Å²) in [6.07, 6.45) is 9.47. The number of anilines is 1. The molecule has 1 aliphatic heterocycles. The second-order valence-corrected chi connectivity index (χ2v) is 6.39. The highest BCUT2D eigenvalue weighted by atomic mass is 16.1. The third-order valence-corrected chi connectivity index (χ3v) is 4.74. The van der Waals surface area contributed by atoms with Crippen LogP contribution in [0.5, 0.6) is 0 Å². The summed E-state index contributed by atoms with van der Waals surface area (Å²) in [4.78, 5) is 14.5. The molecule has 1 aliphatic carbocycles. The Labute approximate surface area is 127 Å². The second kappa shape index (κ2) is 7.08. The molecule has 0 aromatic heterocycles. The first-order valence-corrected chi connectivity index (χ1v) is 8.45. The molecular weight excluding hydrogens is 260 g/mol. The fourth-order valence-corrected chi connectivity index (χ4v) is 3.49. The molecule has 0 spiro atoms. The highest BCUT2D eigenvalue weighted by molar-refractivity contribution is 5.91. The number of benzene rings is 1. The van der Waals surface area contributed by atoms with Crippen molar-refractivity contribution in [2.24, 2.45) is 0 Å². The minimum Gasteiger partial charge on any atom is -0.326 e. The molecule has 1 N–H and O–H groups in total. The third kappa shape index (κ3) is 4.07. The molecule has 3 heteroatoms. The van der Waals surface area contributed by atoms with E-state index in [9.17, 15) is 4.79 Å². The van der Waals surface area contributed by atoms with Gasteiger partial charge >= 0.3 is 0 Å². The summed E-state index contributed by atoms with van der Waals surface area (Å²) < 4.78 is 0. The van der Waals surface area contributed by atoms with E-state index < -0.39 is 0 Å². The van der Waals surface area contributed by atoms with Gasteiger partial charge in [0.25, 0.3) is 0 Å².